The fourth-order valence-electron chi connectivity index (χ4n) is 2.97. The summed E-state index contributed by atoms with van der Waals surface area (Å²) in [6.45, 7) is 4.61. The van der Waals surface area contributed by atoms with Gasteiger partial charge in [-0.2, -0.15) is 0 Å². The van der Waals surface area contributed by atoms with Crippen LogP contribution in [0.2, 0.25) is 0 Å². The molecule has 0 aliphatic heterocycles. The van der Waals surface area contributed by atoms with Crippen LogP contribution in [0, 0.1) is 5.92 Å². The lowest BCUT2D eigenvalue weighted by Crippen LogP contribution is -2.30. The van der Waals surface area contributed by atoms with Crippen LogP contribution in [0.15, 0.2) is 17.5 Å². The van der Waals surface area contributed by atoms with Gasteiger partial charge in [0.2, 0.25) is 0 Å². The number of hydrogen-bond acceptors (Lipinski definition) is 2. The lowest BCUT2D eigenvalue weighted by atomic mass is 10.0. The largest absolute Gasteiger partial charge is 0.306 e. The second kappa shape index (κ2) is 6.55. The maximum absolute atomic E-state index is 3.89. The zero-order valence-electron chi connectivity index (χ0n) is 11.1. The molecule has 0 spiro atoms. The van der Waals surface area contributed by atoms with E-state index >= 15 is 0 Å². The van der Waals surface area contributed by atoms with Crippen LogP contribution in [-0.2, 0) is 0 Å². The van der Waals surface area contributed by atoms with Gasteiger partial charge in [-0.25, -0.2) is 0 Å². The first-order chi connectivity index (χ1) is 8.33. The van der Waals surface area contributed by atoms with Crippen LogP contribution >= 0.6 is 11.3 Å². The third kappa shape index (κ3) is 3.56. The molecule has 2 rings (SSSR count). The van der Waals surface area contributed by atoms with Crippen molar-refractivity contribution in [3.63, 3.8) is 0 Å². The van der Waals surface area contributed by atoms with Crippen molar-refractivity contribution < 1.29 is 0 Å². The lowest BCUT2D eigenvalue weighted by molar-refractivity contribution is 0.407. The van der Waals surface area contributed by atoms with Crippen LogP contribution in [0.1, 0.15) is 63.3 Å². The van der Waals surface area contributed by atoms with E-state index in [1.807, 2.05) is 11.3 Å². The number of thiophene rings is 1. The van der Waals surface area contributed by atoms with Crippen LogP contribution in [-0.4, -0.2) is 6.04 Å². The Morgan fingerprint density at radius 2 is 2.29 bits per heavy atom. The van der Waals surface area contributed by atoms with Crippen molar-refractivity contribution in [1.82, 2.24) is 5.32 Å². The third-order valence-corrected chi connectivity index (χ3v) is 5.01. The van der Waals surface area contributed by atoms with Gasteiger partial charge in [0.15, 0.2) is 0 Å². The summed E-state index contributed by atoms with van der Waals surface area (Å²) in [5.41, 5.74) is 0. The Morgan fingerprint density at radius 1 is 1.41 bits per heavy atom. The molecule has 0 amide bonds. The Kier molecular flexibility index (Phi) is 5.05. The molecule has 3 unspecified atom stereocenters. The van der Waals surface area contributed by atoms with Gasteiger partial charge < -0.3 is 5.32 Å². The van der Waals surface area contributed by atoms with E-state index in [1.165, 1.54) is 43.4 Å². The van der Waals surface area contributed by atoms with Gasteiger partial charge >= 0.3 is 0 Å². The predicted octanol–water partition coefficient (Wildman–Crippen LogP) is 4.76. The van der Waals surface area contributed by atoms with E-state index < -0.39 is 0 Å². The first kappa shape index (κ1) is 13.1. The van der Waals surface area contributed by atoms with Gasteiger partial charge in [-0.05, 0) is 43.0 Å². The van der Waals surface area contributed by atoms with E-state index in [9.17, 15) is 0 Å². The molecule has 17 heavy (non-hydrogen) atoms. The number of hydrogen-bond donors (Lipinski definition) is 1. The molecule has 1 N–H and O–H groups in total. The van der Waals surface area contributed by atoms with E-state index in [2.05, 4.69) is 36.7 Å². The first-order valence-corrected chi connectivity index (χ1v) is 8.00. The summed E-state index contributed by atoms with van der Waals surface area (Å²) in [4.78, 5) is 1.52. The molecule has 0 aromatic carbocycles. The molecule has 2 heteroatoms. The van der Waals surface area contributed by atoms with Gasteiger partial charge in [-0.15, -0.1) is 11.3 Å². The summed E-state index contributed by atoms with van der Waals surface area (Å²) in [5, 5.41) is 6.09. The highest BCUT2D eigenvalue weighted by atomic mass is 32.1. The zero-order chi connectivity index (χ0) is 12.1. The normalized spacial score (nSPS) is 26.2. The van der Waals surface area contributed by atoms with Crippen LogP contribution in [0.25, 0.3) is 0 Å². The summed E-state index contributed by atoms with van der Waals surface area (Å²) in [6.07, 6.45) is 8.09. The van der Waals surface area contributed by atoms with Crippen LogP contribution in [0.4, 0.5) is 0 Å². The van der Waals surface area contributed by atoms with Crippen molar-refractivity contribution in [1.29, 1.82) is 0 Å². The van der Waals surface area contributed by atoms with E-state index in [0.717, 1.165) is 12.0 Å². The van der Waals surface area contributed by atoms with Gasteiger partial charge in [0.25, 0.3) is 0 Å². The molecule has 1 fully saturated rings. The number of nitrogens with one attached hydrogen (secondary N) is 1. The van der Waals surface area contributed by atoms with Crippen molar-refractivity contribution in [2.45, 2.75) is 64.5 Å². The summed E-state index contributed by atoms with van der Waals surface area (Å²) < 4.78 is 0. The molecule has 3 atom stereocenters. The van der Waals surface area contributed by atoms with E-state index in [-0.39, 0.29) is 0 Å². The van der Waals surface area contributed by atoms with Crippen LogP contribution in [0.3, 0.4) is 0 Å². The SMILES string of the molecule is CCCC(NC1CCC(CC)C1)c1cccs1. The molecule has 0 bridgehead atoms. The van der Waals surface area contributed by atoms with Crippen molar-refractivity contribution >= 4 is 11.3 Å². The molecule has 1 nitrogen and oxygen atoms in total. The average Bonchev–Trinajstić information content (AvgIpc) is 2.99. The zero-order valence-corrected chi connectivity index (χ0v) is 11.9. The molecular weight excluding hydrogens is 226 g/mol. The second-order valence-electron chi connectivity index (χ2n) is 5.31. The second-order valence-corrected chi connectivity index (χ2v) is 6.29. The molecule has 1 saturated carbocycles. The topological polar surface area (TPSA) is 12.0 Å². The molecule has 1 aromatic heterocycles. The van der Waals surface area contributed by atoms with Gasteiger partial charge in [0.05, 0.1) is 0 Å². The Hall–Kier alpha value is -0.340. The Labute approximate surface area is 110 Å². The minimum atomic E-state index is 0.598. The number of rotatable bonds is 6. The predicted molar refractivity (Wildman–Crippen MR) is 76.5 cm³/mol. The lowest BCUT2D eigenvalue weighted by Gasteiger charge is -2.22. The van der Waals surface area contributed by atoms with E-state index in [4.69, 9.17) is 0 Å². The van der Waals surface area contributed by atoms with Crippen LogP contribution < -0.4 is 5.32 Å². The third-order valence-electron chi connectivity index (χ3n) is 4.02. The van der Waals surface area contributed by atoms with Crippen molar-refractivity contribution in [3.05, 3.63) is 22.4 Å². The summed E-state index contributed by atoms with van der Waals surface area (Å²) in [6, 6.07) is 5.82. The fourth-order valence-corrected chi connectivity index (χ4v) is 3.79. The Morgan fingerprint density at radius 3 is 2.88 bits per heavy atom. The molecule has 0 saturated heterocycles. The minimum absolute atomic E-state index is 0.598. The highest BCUT2D eigenvalue weighted by Gasteiger charge is 2.25. The highest BCUT2D eigenvalue weighted by Crippen LogP contribution is 2.31. The molecular formula is C15H25NS. The molecule has 1 aliphatic rings. The van der Waals surface area contributed by atoms with Crippen LogP contribution in [0.5, 0.6) is 0 Å². The monoisotopic (exact) mass is 251 g/mol. The highest BCUT2D eigenvalue weighted by molar-refractivity contribution is 7.10. The maximum Gasteiger partial charge on any atom is 0.0416 e. The first-order valence-electron chi connectivity index (χ1n) is 7.12. The van der Waals surface area contributed by atoms with Gasteiger partial charge in [-0.3, -0.25) is 0 Å². The standard InChI is InChI=1S/C15H25NS/c1-3-6-14(15-7-5-10-17-15)16-13-9-8-12(4-2)11-13/h5,7,10,12-14,16H,3-4,6,8-9,11H2,1-2H3. The summed E-state index contributed by atoms with van der Waals surface area (Å²) in [5.74, 6) is 0.970. The van der Waals surface area contributed by atoms with Gasteiger partial charge in [-0.1, -0.05) is 32.8 Å². The van der Waals surface area contributed by atoms with E-state index in [0.29, 0.717) is 6.04 Å². The van der Waals surface area contributed by atoms with Crippen molar-refractivity contribution in [2.75, 3.05) is 0 Å². The summed E-state index contributed by atoms with van der Waals surface area (Å²) in [7, 11) is 0. The average molecular weight is 251 g/mol. The minimum Gasteiger partial charge on any atom is -0.306 e. The van der Waals surface area contributed by atoms with Gasteiger partial charge in [0, 0.05) is 17.0 Å². The maximum atomic E-state index is 3.89. The molecule has 96 valence electrons. The summed E-state index contributed by atoms with van der Waals surface area (Å²) >= 11 is 1.90. The van der Waals surface area contributed by atoms with E-state index in [1.54, 1.807) is 0 Å². The van der Waals surface area contributed by atoms with Crippen molar-refractivity contribution in [2.24, 2.45) is 5.92 Å². The smallest absolute Gasteiger partial charge is 0.0416 e. The quantitative estimate of drug-likeness (QED) is 0.769. The Bertz CT molecular complexity index is 307. The molecule has 1 aromatic rings. The fraction of sp³-hybridized carbons (Fsp3) is 0.733. The Balaban J connectivity index is 1.90. The molecule has 1 heterocycles. The van der Waals surface area contributed by atoms with Gasteiger partial charge in [0.1, 0.15) is 0 Å². The van der Waals surface area contributed by atoms with Crippen molar-refractivity contribution in [3.8, 4) is 0 Å². The molecule has 1 aliphatic carbocycles. The molecule has 0 radical (unpaired) electrons.